The maximum Gasteiger partial charge on any atom is 0.311 e. The Balaban J connectivity index is 4.49. The van der Waals surface area contributed by atoms with Crippen molar-refractivity contribution in [1.29, 1.82) is 0 Å². The normalized spacial score (nSPS) is 15.3. The number of rotatable bonds is 5. The summed E-state index contributed by atoms with van der Waals surface area (Å²) >= 11 is 0. The first-order valence-corrected chi connectivity index (χ1v) is 4.60. The SMILES string of the molecule is COC(C)(C)CC(O)C(C)(C)C(=O)O. The van der Waals surface area contributed by atoms with E-state index in [9.17, 15) is 9.90 Å². The molecule has 0 heterocycles. The number of carbonyl (C=O) groups is 1. The summed E-state index contributed by atoms with van der Waals surface area (Å²) in [5, 5.41) is 18.6. The largest absolute Gasteiger partial charge is 0.481 e. The number of aliphatic hydroxyl groups excluding tert-OH is 1. The molecule has 0 fully saturated rings. The Labute approximate surface area is 84.9 Å². The molecule has 1 unspecified atom stereocenters. The number of aliphatic hydroxyl groups is 1. The lowest BCUT2D eigenvalue weighted by atomic mass is 9.81. The number of carboxylic acid groups (broad SMARTS) is 1. The van der Waals surface area contributed by atoms with Crippen LogP contribution in [-0.4, -0.2) is 35.0 Å². The van der Waals surface area contributed by atoms with Gasteiger partial charge in [-0.2, -0.15) is 0 Å². The molecule has 84 valence electrons. The van der Waals surface area contributed by atoms with Gasteiger partial charge in [0.15, 0.2) is 0 Å². The van der Waals surface area contributed by atoms with Crippen LogP contribution in [-0.2, 0) is 9.53 Å². The summed E-state index contributed by atoms with van der Waals surface area (Å²) in [6, 6.07) is 0. The van der Waals surface area contributed by atoms with Crippen molar-refractivity contribution in [3.63, 3.8) is 0 Å². The van der Waals surface area contributed by atoms with Gasteiger partial charge in [0.05, 0.1) is 17.1 Å². The Kier molecular flexibility index (Phi) is 4.09. The van der Waals surface area contributed by atoms with Crippen molar-refractivity contribution in [3.05, 3.63) is 0 Å². The van der Waals surface area contributed by atoms with Gasteiger partial charge in [0, 0.05) is 13.5 Å². The number of hydrogen-bond donors (Lipinski definition) is 2. The van der Waals surface area contributed by atoms with Crippen LogP contribution in [0.25, 0.3) is 0 Å². The Hall–Kier alpha value is -0.610. The number of methoxy groups -OCH3 is 1. The molecule has 0 aliphatic carbocycles. The lowest BCUT2D eigenvalue weighted by Gasteiger charge is -2.32. The van der Waals surface area contributed by atoms with E-state index in [1.54, 1.807) is 7.11 Å². The fourth-order valence-electron chi connectivity index (χ4n) is 0.947. The Bertz CT molecular complexity index is 208. The highest BCUT2D eigenvalue weighted by molar-refractivity contribution is 5.74. The maximum absolute atomic E-state index is 10.8. The van der Waals surface area contributed by atoms with Crippen LogP contribution in [0.5, 0.6) is 0 Å². The highest BCUT2D eigenvalue weighted by Crippen LogP contribution is 2.28. The molecule has 4 heteroatoms. The van der Waals surface area contributed by atoms with Gasteiger partial charge in [-0.25, -0.2) is 0 Å². The Morgan fingerprint density at radius 3 is 2.07 bits per heavy atom. The predicted molar refractivity (Wildman–Crippen MR) is 53.1 cm³/mol. The zero-order valence-electron chi connectivity index (χ0n) is 9.50. The molecule has 0 radical (unpaired) electrons. The summed E-state index contributed by atoms with van der Waals surface area (Å²) in [7, 11) is 1.54. The second kappa shape index (κ2) is 4.28. The van der Waals surface area contributed by atoms with E-state index in [1.165, 1.54) is 13.8 Å². The lowest BCUT2D eigenvalue weighted by molar-refractivity contribution is -0.156. The molecule has 0 spiro atoms. The van der Waals surface area contributed by atoms with Crippen LogP contribution in [0.3, 0.4) is 0 Å². The molecular weight excluding hydrogens is 184 g/mol. The van der Waals surface area contributed by atoms with E-state index < -0.39 is 23.1 Å². The van der Waals surface area contributed by atoms with Crippen LogP contribution in [0, 0.1) is 5.41 Å². The average molecular weight is 204 g/mol. The fraction of sp³-hybridized carbons (Fsp3) is 0.900. The van der Waals surface area contributed by atoms with Gasteiger partial charge < -0.3 is 14.9 Å². The van der Waals surface area contributed by atoms with Crippen LogP contribution in [0.1, 0.15) is 34.1 Å². The van der Waals surface area contributed by atoms with Crippen molar-refractivity contribution in [3.8, 4) is 0 Å². The second-order valence-electron chi connectivity index (χ2n) is 4.71. The lowest BCUT2D eigenvalue weighted by Crippen LogP contribution is -2.42. The third-order valence-corrected chi connectivity index (χ3v) is 2.62. The van der Waals surface area contributed by atoms with Crippen molar-refractivity contribution in [2.24, 2.45) is 5.41 Å². The molecule has 0 saturated heterocycles. The smallest absolute Gasteiger partial charge is 0.311 e. The molecule has 1 atom stereocenters. The first kappa shape index (κ1) is 13.4. The van der Waals surface area contributed by atoms with E-state index in [1.807, 2.05) is 13.8 Å². The topological polar surface area (TPSA) is 66.8 Å². The monoisotopic (exact) mass is 204 g/mol. The molecule has 0 amide bonds. The minimum atomic E-state index is -1.14. The van der Waals surface area contributed by atoms with Gasteiger partial charge in [-0.15, -0.1) is 0 Å². The Morgan fingerprint density at radius 2 is 1.79 bits per heavy atom. The van der Waals surface area contributed by atoms with E-state index in [0.717, 1.165) is 0 Å². The van der Waals surface area contributed by atoms with Gasteiger partial charge in [-0.3, -0.25) is 4.79 Å². The molecule has 4 nitrogen and oxygen atoms in total. The summed E-state index contributed by atoms with van der Waals surface area (Å²) in [5.74, 6) is -1.00. The van der Waals surface area contributed by atoms with E-state index in [4.69, 9.17) is 9.84 Å². The Morgan fingerprint density at radius 1 is 1.36 bits per heavy atom. The van der Waals surface area contributed by atoms with Crippen molar-refractivity contribution in [2.45, 2.75) is 45.8 Å². The fourth-order valence-corrected chi connectivity index (χ4v) is 0.947. The van der Waals surface area contributed by atoms with Crippen LogP contribution < -0.4 is 0 Å². The van der Waals surface area contributed by atoms with E-state index in [2.05, 4.69) is 0 Å². The van der Waals surface area contributed by atoms with E-state index in [0.29, 0.717) is 6.42 Å². The van der Waals surface area contributed by atoms with Crippen LogP contribution >= 0.6 is 0 Å². The zero-order chi connectivity index (χ0) is 11.6. The molecular formula is C10H20O4. The molecule has 14 heavy (non-hydrogen) atoms. The third-order valence-electron chi connectivity index (χ3n) is 2.62. The number of hydrogen-bond acceptors (Lipinski definition) is 3. The number of ether oxygens (including phenoxy) is 1. The van der Waals surface area contributed by atoms with Gasteiger partial charge in [-0.1, -0.05) is 0 Å². The minimum absolute atomic E-state index is 0.294. The molecule has 0 bridgehead atoms. The molecule has 2 N–H and O–H groups in total. The van der Waals surface area contributed by atoms with E-state index in [-0.39, 0.29) is 0 Å². The summed E-state index contributed by atoms with van der Waals surface area (Å²) in [6.07, 6.45) is -0.627. The summed E-state index contributed by atoms with van der Waals surface area (Å²) in [5.41, 5.74) is -1.65. The number of aliphatic carboxylic acids is 1. The van der Waals surface area contributed by atoms with Crippen LogP contribution in [0.2, 0.25) is 0 Å². The van der Waals surface area contributed by atoms with Crippen molar-refractivity contribution in [1.82, 2.24) is 0 Å². The van der Waals surface area contributed by atoms with Crippen LogP contribution in [0.4, 0.5) is 0 Å². The summed E-state index contributed by atoms with van der Waals surface area (Å²) < 4.78 is 5.13. The standard InChI is InChI=1S/C10H20O4/c1-9(2,14-5)6-7(11)10(3,4)8(12)13/h7,11H,6H2,1-5H3,(H,12,13). The predicted octanol–water partition coefficient (Wildman–Crippen LogP) is 1.27. The van der Waals surface area contributed by atoms with Gasteiger partial charge in [0.2, 0.25) is 0 Å². The van der Waals surface area contributed by atoms with Gasteiger partial charge in [-0.05, 0) is 27.7 Å². The molecule has 0 aliphatic rings. The molecule has 0 saturated carbocycles. The molecule has 0 aromatic heterocycles. The van der Waals surface area contributed by atoms with E-state index >= 15 is 0 Å². The first-order chi connectivity index (χ1) is 6.13. The van der Waals surface area contributed by atoms with Gasteiger partial charge in [0.1, 0.15) is 0 Å². The van der Waals surface area contributed by atoms with Gasteiger partial charge >= 0.3 is 5.97 Å². The molecule has 0 aliphatic heterocycles. The molecule has 0 aromatic carbocycles. The second-order valence-corrected chi connectivity index (χ2v) is 4.71. The van der Waals surface area contributed by atoms with Gasteiger partial charge in [0.25, 0.3) is 0 Å². The minimum Gasteiger partial charge on any atom is -0.481 e. The average Bonchev–Trinajstić information content (AvgIpc) is 2.03. The van der Waals surface area contributed by atoms with Crippen molar-refractivity contribution in [2.75, 3.05) is 7.11 Å². The summed E-state index contributed by atoms with van der Waals surface area (Å²) in [4.78, 5) is 10.8. The highest BCUT2D eigenvalue weighted by atomic mass is 16.5. The summed E-state index contributed by atoms with van der Waals surface area (Å²) in [6.45, 7) is 6.64. The number of carboxylic acids is 1. The first-order valence-electron chi connectivity index (χ1n) is 4.60. The van der Waals surface area contributed by atoms with Crippen LogP contribution in [0.15, 0.2) is 0 Å². The molecule has 0 rings (SSSR count). The third kappa shape index (κ3) is 3.27. The molecule has 0 aromatic rings. The van der Waals surface area contributed by atoms with Crippen molar-refractivity contribution >= 4 is 5.97 Å². The highest BCUT2D eigenvalue weighted by Gasteiger charge is 2.38. The zero-order valence-corrected chi connectivity index (χ0v) is 9.50. The maximum atomic E-state index is 10.8. The quantitative estimate of drug-likeness (QED) is 0.707. The van der Waals surface area contributed by atoms with Crippen molar-refractivity contribution < 1.29 is 19.7 Å².